The predicted octanol–water partition coefficient (Wildman–Crippen LogP) is 3.97. The number of aromatic nitrogens is 2. The normalized spacial score (nSPS) is 11.2. The van der Waals surface area contributed by atoms with E-state index in [9.17, 15) is 22.8 Å². The number of nitrogens with one attached hydrogen (secondary N) is 1. The molecular formula is C21H18F3N3O3. The molecule has 1 heterocycles. The van der Waals surface area contributed by atoms with Crippen LogP contribution in [0.15, 0.2) is 65.5 Å². The molecular weight excluding hydrogens is 399 g/mol. The number of hydrogen-bond donors (Lipinski definition) is 1. The van der Waals surface area contributed by atoms with Gasteiger partial charge < -0.3 is 10.1 Å². The van der Waals surface area contributed by atoms with E-state index in [0.717, 1.165) is 34.5 Å². The van der Waals surface area contributed by atoms with Gasteiger partial charge in [0.1, 0.15) is 12.3 Å². The second kappa shape index (κ2) is 8.81. The molecule has 0 radical (unpaired) electrons. The van der Waals surface area contributed by atoms with Crippen LogP contribution in [0.5, 0.6) is 5.75 Å². The van der Waals surface area contributed by atoms with E-state index in [0.29, 0.717) is 18.1 Å². The minimum absolute atomic E-state index is 0.184. The third kappa shape index (κ3) is 5.25. The first-order valence-corrected chi connectivity index (χ1v) is 9.05. The molecule has 0 aliphatic carbocycles. The predicted molar refractivity (Wildman–Crippen MR) is 105 cm³/mol. The number of anilines is 1. The number of ether oxygens (including phenoxy) is 1. The van der Waals surface area contributed by atoms with Gasteiger partial charge in [0.25, 0.3) is 5.56 Å². The number of hydrogen-bond acceptors (Lipinski definition) is 4. The highest BCUT2D eigenvalue weighted by Gasteiger charge is 2.30. The minimum Gasteiger partial charge on any atom is -0.494 e. The SMILES string of the molecule is CCOc1ccc(-c2ccc(=O)n(CC(=O)Nc3ccc(C(F)(F)F)cc3)n2)cc1. The molecule has 9 heteroatoms. The molecule has 3 aromatic rings. The molecule has 1 aromatic heterocycles. The zero-order chi connectivity index (χ0) is 21.7. The monoisotopic (exact) mass is 417 g/mol. The summed E-state index contributed by atoms with van der Waals surface area (Å²) < 4.78 is 44.2. The van der Waals surface area contributed by atoms with Gasteiger partial charge in [-0.2, -0.15) is 18.3 Å². The van der Waals surface area contributed by atoms with E-state index in [1.165, 1.54) is 6.07 Å². The first-order valence-electron chi connectivity index (χ1n) is 9.05. The zero-order valence-corrected chi connectivity index (χ0v) is 15.9. The van der Waals surface area contributed by atoms with Crippen LogP contribution in [0.1, 0.15) is 12.5 Å². The Morgan fingerprint density at radius 2 is 1.70 bits per heavy atom. The molecule has 0 aliphatic heterocycles. The van der Waals surface area contributed by atoms with Crippen molar-refractivity contribution >= 4 is 11.6 Å². The lowest BCUT2D eigenvalue weighted by Gasteiger charge is -2.10. The van der Waals surface area contributed by atoms with Gasteiger partial charge in [-0.05, 0) is 61.5 Å². The van der Waals surface area contributed by atoms with Crippen molar-refractivity contribution in [1.82, 2.24) is 9.78 Å². The molecule has 30 heavy (non-hydrogen) atoms. The van der Waals surface area contributed by atoms with Gasteiger partial charge in [0, 0.05) is 17.3 Å². The van der Waals surface area contributed by atoms with Crippen molar-refractivity contribution in [1.29, 1.82) is 0 Å². The van der Waals surface area contributed by atoms with Crippen molar-refractivity contribution < 1.29 is 22.7 Å². The average molecular weight is 417 g/mol. The molecule has 0 atom stereocenters. The minimum atomic E-state index is -4.46. The Hall–Kier alpha value is -3.62. The molecule has 0 saturated heterocycles. The van der Waals surface area contributed by atoms with Crippen LogP contribution in [-0.4, -0.2) is 22.3 Å². The Bertz CT molecular complexity index is 1080. The molecule has 2 aromatic carbocycles. The van der Waals surface area contributed by atoms with E-state index < -0.39 is 23.2 Å². The fraction of sp³-hybridized carbons (Fsp3) is 0.190. The first kappa shape index (κ1) is 21.1. The molecule has 3 rings (SSSR count). The van der Waals surface area contributed by atoms with Crippen molar-refractivity contribution in [2.24, 2.45) is 0 Å². The van der Waals surface area contributed by atoms with Crippen LogP contribution in [0.2, 0.25) is 0 Å². The van der Waals surface area contributed by atoms with Crippen molar-refractivity contribution in [3.05, 3.63) is 76.6 Å². The van der Waals surface area contributed by atoms with E-state index in [4.69, 9.17) is 4.74 Å². The molecule has 0 saturated carbocycles. The van der Waals surface area contributed by atoms with Crippen LogP contribution >= 0.6 is 0 Å². The van der Waals surface area contributed by atoms with Gasteiger partial charge in [-0.25, -0.2) is 4.68 Å². The highest BCUT2D eigenvalue weighted by atomic mass is 19.4. The van der Waals surface area contributed by atoms with Crippen LogP contribution in [0.3, 0.4) is 0 Å². The average Bonchev–Trinajstić information content (AvgIpc) is 2.70. The Labute approximate surface area is 169 Å². The van der Waals surface area contributed by atoms with Crippen molar-refractivity contribution in [2.75, 3.05) is 11.9 Å². The van der Waals surface area contributed by atoms with Crippen LogP contribution < -0.4 is 15.6 Å². The van der Waals surface area contributed by atoms with Gasteiger partial charge in [0.2, 0.25) is 5.91 Å². The standard InChI is InChI=1S/C21H18F3N3O3/c1-2-30-17-9-3-14(4-10-17)18-11-12-20(29)27(26-18)13-19(28)25-16-7-5-15(6-8-16)21(22,23)24/h3-12H,2,13H2,1H3,(H,25,28). The lowest BCUT2D eigenvalue weighted by molar-refractivity contribution is -0.137. The summed E-state index contributed by atoms with van der Waals surface area (Å²) in [5.41, 5.74) is 0.104. The molecule has 0 aliphatic rings. The first-order chi connectivity index (χ1) is 14.3. The lowest BCUT2D eigenvalue weighted by atomic mass is 10.1. The highest BCUT2D eigenvalue weighted by molar-refractivity contribution is 5.90. The van der Waals surface area contributed by atoms with E-state index in [2.05, 4.69) is 10.4 Å². The second-order valence-electron chi connectivity index (χ2n) is 6.30. The molecule has 1 N–H and O–H groups in total. The summed E-state index contributed by atoms with van der Waals surface area (Å²) in [6.07, 6.45) is -4.46. The molecule has 6 nitrogen and oxygen atoms in total. The van der Waals surface area contributed by atoms with Crippen LogP contribution in [0.25, 0.3) is 11.3 Å². The summed E-state index contributed by atoms with van der Waals surface area (Å²) in [5, 5.41) is 6.65. The third-order valence-corrected chi connectivity index (χ3v) is 4.12. The lowest BCUT2D eigenvalue weighted by Crippen LogP contribution is -2.29. The van der Waals surface area contributed by atoms with Gasteiger partial charge in [-0.3, -0.25) is 9.59 Å². The maximum atomic E-state index is 12.6. The maximum absolute atomic E-state index is 12.6. The molecule has 0 unspecified atom stereocenters. The quantitative estimate of drug-likeness (QED) is 0.659. The van der Waals surface area contributed by atoms with Gasteiger partial charge in [-0.15, -0.1) is 0 Å². The van der Waals surface area contributed by atoms with Gasteiger partial charge in [0.05, 0.1) is 17.9 Å². The number of carbonyl (C=O) groups excluding carboxylic acids is 1. The number of nitrogens with zero attached hydrogens (tertiary/aromatic N) is 2. The fourth-order valence-corrected chi connectivity index (χ4v) is 2.68. The van der Waals surface area contributed by atoms with E-state index in [1.54, 1.807) is 30.3 Å². The van der Waals surface area contributed by atoms with Crippen molar-refractivity contribution in [2.45, 2.75) is 19.6 Å². The van der Waals surface area contributed by atoms with Gasteiger partial charge in [-0.1, -0.05) is 0 Å². The molecule has 0 spiro atoms. The maximum Gasteiger partial charge on any atom is 0.416 e. The zero-order valence-electron chi connectivity index (χ0n) is 15.9. The topological polar surface area (TPSA) is 73.2 Å². The number of benzene rings is 2. The fourth-order valence-electron chi connectivity index (χ4n) is 2.68. The summed E-state index contributed by atoms with van der Waals surface area (Å²) in [7, 11) is 0. The van der Waals surface area contributed by atoms with Crippen LogP contribution in [0.4, 0.5) is 18.9 Å². The van der Waals surface area contributed by atoms with Crippen LogP contribution in [-0.2, 0) is 17.5 Å². The summed E-state index contributed by atoms with van der Waals surface area (Å²) in [6, 6.07) is 14.0. The van der Waals surface area contributed by atoms with Crippen molar-refractivity contribution in [3.8, 4) is 17.0 Å². The molecule has 1 amide bonds. The Morgan fingerprint density at radius 3 is 2.30 bits per heavy atom. The number of alkyl halides is 3. The summed E-state index contributed by atoms with van der Waals surface area (Å²) in [4.78, 5) is 24.3. The van der Waals surface area contributed by atoms with E-state index >= 15 is 0 Å². The summed E-state index contributed by atoms with van der Waals surface area (Å²) in [5.74, 6) is 0.110. The van der Waals surface area contributed by atoms with Gasteiger partial charge >= 0.3 is 6.18 Å². The molecule has 0 fully saturated rings. The van der Waals surface area contributed by atoms with E-state index in [-0.39, 0.29) is 12.2 Å². The number of carbonyl (C=O) groups is 1. The van der Waals surface area contributed by atoms with E-state index in [1.807, 2.05) is 6.92 Å². The third-order valence-electron chi connectivity index (χ3n) is 4.12. The second-order valence-corrected chi connectivity index (χ2v) is 6.30. The Kier molecular flexibility index (Phi) is 6.20. The Balaban J connectivity index is 1.72. The smallest absolute Gasteiger partial charge is 0.416 e. The molecule has 0 bridgehead atoms. The number of rotatable bonds is 6. The largest absolute Gasteiger partial charge is 0.494 e. The number of amides is 1. The molecule has 156 valence electrons. The Morgan fingerprint density at radius 1 is 1.03 bits per heavy atom. The van der Waals surface area contributed by atoms with Crippen molar-refractivity contribution in [3.63, 3.8) is 0 Å². The number of halogens is 3. The van der Waals surface area contributed by atoms with Gasteiger partial charge in [0.15, 0.2) is 0 Å². The summed E-state index contributed by atoms with van der Waals surface area (Å²) >= 11 is 0. The summed E-state index contributed by atoms with van der Waals surface area (Å²) in [6.45, 7) is 2.03. The van der Waals surface area contributed by atoms with Crippen LogP contribution in [0, 0.1) is 0 Å². The highest BCUT2D eigenvalue weighted by Crippen LogP contribution is 2.29.